The Bertz CT molecular complexity index is 996. The number of fused-ring (bicyclic) bond motifs is 1. The number of thiazole rings is 1. The zero-order valence-electron chi connectivity index (χ0n) is 13.5. The molecule has 0 aliphatic carbocycles. The first-order chi connectivity index (χ1) is 11.1. The molecule has 0 spiro atoms. The van der Waals surface area contributed by atoms with Crippen LogP contribution in [0.1, 0.15) is 16.7 Å². The first-order valence-electron chi connectivity index (χ1n) is 7.37. The van der Waals surface area contributed by atoms with Gasteiger partial charge in [0.05, 0.1) is 11.3 Å². The Labute approximate surface area is 157 Å². The topological polar surface area (TPSA) is 43.6 Å². The van der Waals surface area contributed by atoms with Crippen molar-refractivity contribution in [1.29, 1.82) is 0 Å². The van der Waals surface area contributed by atoms with E-state index in [1.54, 1.807) is 17.7 Å². The normalized spacial score (nSPS) is 10.8. The second kappa shape index (κ2) is 6.55. The van der Waals surface area contributed by atoms with Crippen molar-refractivity contribution in [2.45, 2.75) is 20.8 Å². The van der Waals surface area contributed by atoms with Crippen LogP contribution in [0.2, 0.25) is 0 Å². The molecule has 123 valence electrons. The zero-order chi connectivity index (χ0) is 16.0. The second-order valence-corrected chi connectivity index (χ2v) is 6.58. The van der Waals surface area contributed by atoms with Gasteiger partial charge in [0.25, 0.3) is 0 Å². The Morgan fingerprint density at radius 3 is 2.62 bits per heavy atom. The van der Waals surface area contributed by atoms with Crippen LogP contribution in [0.15, 0.2) is 36.1 Å². The van der Waals surface area contributed by atoms with Crippen molar-refractivity contribution in [2.24, 2.45) is 0 Å². The predicted octanol–water partition coefficient (Wildman–Crippen LogP) is 4.27. The van der Waals surface area contributed by atoms with Crippen LogP contribution in [0, 0.1) is 26.8 Å². The number of hydrogen-bond acceptors (Lipinski definition) is 4. The van der Waals surface area contributed by atoms with E-state index in [1.807, 2.05) is 22.2 Å². The maximum atomic E-state index is 4.47. The Kier molecular flexibility index (Phi) is 4.63. The van der Waals surface area contributed by atoms with Crippen LogP contribution < -0.4 is 0 Å². The summed E-state index contributed by atoms with van der Waals surface area (Å²) in [6.07, 6.45) is 1.76. The molecule has 0 N–H and O–H groups in total. The van der Waals surface area contributed by atoms with E-state index in [0.29, 0.717) is 0 Å². The van der Waals surface area contributed by atoms with Crippen LogP contribution in [0.25, 0.3) is 27.3 Å². The van der Waals surface area contributed by atoms with Crippen molar-refractivity contribution in [2.75, 3.05) is 0 Å². The fourth-order valence-electron chi connectivity index (χ4n) is 3.12. The number of rotatable bonds is 2. The molecule has 4 rings (SSSR count). The standard InChI is InChI=1S/C18H15N4S.Ir/c1-11-7-12(2)17(13(3)8-11)22-9-20-21-18(22)14-5-4-6-15-16(14)19-10-23-15;/h4,6-10H,1-3H3;/q-1;. The summed E-state index contributed by atoms with van der Waals surface area (Å²) in [5.41, 5.74) is 8.45. The van der Waals surface area contributed by atoms with Crippen molar-refractivity contribution >= 4 is 21.6 Å². The molecular formula is C18H15IrN4S-. The van der Waals surface area contributed by atoms with E-state index in [2.05, 4.69) is 54.2 Å². The Hall–Kier alpha value is -1.88. The van der Waals surface area contributed by atoms with Gasteiger partial charge in [0.2, 0.25) is 0 Å². The number of nitrogens with zero attached hydrogens (tertiary/aromatic N) is 4. The van der Waals surface area contributed by atoms with Gasteiger partial charge in [-0.05, 0) is 36.6 Å². The molecular weight excluding hydrogens is 497 g/mol. The van der Waals surface area contributed by atoms with Crippen LogP contribution >= 0.6 is 11.3 Å². The van der Waals surface area contributed by atoms with Crippen molar-refractivity contribution in [1.82, 2.24) is 19.7 Å². The molecule has 0 bridgehead atoms. The SMILES string of the molecule is Cc1cc(C)c(-n2cnnc2-c2[c-]ccc3scnc23)c(C)c1.[Ir]. The minimum Gasteiger partial charge on any atom is -0.322 e. The molecule has 1 radical (unpaired) electrons. The Morgan fingerprint density at radius 1 is 1.12 bits per heavy atom. The minimum atomic E-state index is 0. The molecule has 2 aromatic heterocycles. The van der Waals surface area contributed by atoms with Gasteiger partial charge in [-0.2, -0.15) is 5.10 Å². The van der Waals surface area contributed by atoms with Crippen LogP contribution in [0.3, 0.4) is 0 Å². The van der Waals surface area contributed by atoms with Crippen molar-refractivity contribution in [3.63, 3.8) is 0 Å². The quantitative estimate of drug-likeness (QED) is 0.378. The average molecular weight is 512 g/mol. The molecule has 2 aromatic carbocycles. The fourth-order valence-corrected chi connectivity index (χ4v) is 3.81. The van der Waals surface area contributed by atoms with Crippen LogP contribution in [-0.4, -0.2) is 19.7 Å². The van der Waals surface area contributed by atoms with Gasteiger partial charge in [0, 0.05) is 31.3 Å². The predicted molar refractivity (Wildman–Crippen MR) is 93.0 cm³/mol. The third-order valence-electron chi connectivity index (χ3n) is 3.94. The molecule has 0 aliphatic rings. The third-order valence-corrected chi connectivity index (χ3v) is 4.74. The molecule has 0 atom stereocenters. The molecule has 4 nitrogen and oxygen atoms in total. The monoisotopic (exact) mass is 512 g/mol. The Balaban J connectivity index is 0.00000169. The fraction of sp³-hybridized carbons (Fsp3) is 0.167. The average Bonchev–Trinajstić information content (AvgIpc) is 3.14. The van der Waals surface area contributed by atoms with Gasteiger partial charge in [-0.25, -0.2) is 0 Å². The second-order valence-electron chi connectivity index (χ2n) is 5.69. The first-order valence-corrected chi connectivity index (χ1v) is 8.25. The summed E-state index contributed by atoms with van der Waals surface area (Å²) in [7, 11) is 0. The summed E-state index contributed by atoms with van der Waals surface area (Å²) in [6.45, 7) is 6.35. The summed E-state index contributed by atoms with van der Waals surface area (Å²) in [6, 6.07) is 11.6. The molecule has 24 heavy (non-hydrogen) atoms. The molecule has 0 unspecified atom stereocenters. The van der Waals surface area contributed by atoms with E-state index >= 15 is 0 Å². The summed E-state index contributed by atoms with van der Waals surface area (Å²) in [4.78, 5) is 4.47. The smallest absolute Gasteiger partial charge is 0.114 e. The van der Waals surface area contributed by atoms with Crippen LogP contribution in [0.4, 0.5) is 0 Å². The van der Waals surface area contributed by atoms with E-state index in [9.17, 15) is 0 Å². The summed E-state index contributed by atoms with van der Waals surface area (Å²) in [5, 5.41) is 8.48. The molecule has 0 aliphatic heterocycles. The molecule has 0 saturated heterocycles. The summed E-state index contributed by atoms with van der Waals surface area (Å²) < 4.78 is 3.17. The van der Waals surface area contributed by atoms with Gasteiger partial charge in [-0.1, -0.05) is 23.3 Å². The van der Waals surface area contributed by atoms with E-state index < -0.39 is 0 Å². The zero-order valence-corrected chi connectivity index (χ0v) is 16.7. The summed E-state index contributed by atoms with van der Waals surface area (Å²) >= 11 is 1.62. The molecule has 4 aromatic rings. The number of aromatic nitrogens is 4. The van der Waals surface area contributed by atoms with E-state index in [1.165, 1.54) is 16.7 Å². The van der Waals surface area contributed by atoms with Gasteiger partial charge >= 0.3 is 0 Å². The number of aryl methyl sites for hydroxylation is 3. The number of benzene rings is 2. The number of hydrogen-bond donors (Lipinski definition) is 0. The van der Waals surface area contributed by atoms with Gasteiger partial charge in [0.15, 0.2) is 0 Å². The van der Waals surface area contributed by atoms with E-state index in [0.717, 1.165) is 27.3 Å². The molecule has 0 amide bonds. The van der Waals surface area contributed by atoms with Crippen LogP contribution in [0.5, 0.6) is 0 Å². The van der Waals surface area contributed by atoms with Crippen molar-refractivity contribution < 1.29 is 20.1 Å². The molecule has 6 heteroatoms. The van der Waals surface area contributed by atoms with Gasteiger partial charge in [-0.15, -0.1) is 34.6 Å². The molecule has 0 saturated carbocycles. The van der Waals surface area contributed by atoms with E-state index in [4.69, 9.17) is 0 Å². The van der Waals surface area contributed by atoms with Gasteiger partial charge in [0.1, 0.15) is 6.33 Å². The minimum absolute atomic E-state index is 0. The maximum Gasteiger partial charge on any atom is 0.114 e. The summed E-state index contributed by atoms with van der Waals surface area (Å²) in [5.74, 6) is 0.775. The molecule has 0 fully saturated rings. The van der Waals surface area contributed by atoms with Gasteiger partial charge < -0.3 is 4.57 Å². The third kappa shape index (κ3) is 2.71. The van der Waals surface area contributed by atoms with Crippen molar-refractivity contribution in [3.8, 4) is 17.1 Å². The maximum absolute atomic E-state index is 4.47. The van der Waals surface area contributed by atoms with E-state index in [-0.39, 0.29) is 20.1 Å². The molecule has 2 heterocycles. The first kappa shape index (κ1) is 17.0. The van der Waals surface area contributed by atoms with Crippen molar-refractivity contribution in [3.05, 3.63) is 58.9 Å². The van der Waals surface area contributed by atoms with Crippen LogP contribution in [-0.2, 0) is 20.1 Å². The van der Waals surface area contributed by atoms with Gasteiger partial charge in [-0.3, -0.25) is 4.98 Å². The Morgan fingerprint density at radius 2 is 1.88 bits per heavy atom. The largest absolute Gasteiger partial charge is 0.322 e.